The van der Waals surface area contributed by atoms with Crippen LogP contribution < -0.4 is 16.6 Å². The van der Waals surface area contributed by atoms with Crippen LogP contribution >= 0.6 is 0 Å². The van der Waals surface area contributed by atoms with Gasteiger partial charge in [-0.05, 0) is 13.8 Å². The Morgan fingerprint density at radius 1 is 1.60 bits per heavy atom. The number of carbonyl (C=O) groups is 1. The van der Waals surface area contributed by atoms with E-state index in [0.717, 1.165) is 0 Å². The lowest BCUT2D eigenvalue weighted by molar-refractivity contribution is -0.122. The summed E-state index contributed by atoms with van der Waals surface area (Å²) in [4.78, 5) is 10.7. The van der Waals surface area contributed by atoms with E-state index in [4.69, 9.17) is 5.73 Å². The van der Waals surface area contributed by atoms with Gasteiger partial charge in [0.1, 0.15) is 0 Å². The fourth-order valence-electron chi connectivity index (χ4n) is 0.418. The smallest absolute Gasteiger partial charge is 0.235 e. The molecule has 0 rings (SSSR count). The van der Waals surface area contributed by atoms with Crippen LogP contribution in [0.3, 0.4) is 0 Å². The Morgan fingerprint density at radius 3 is 2.60 bits per heavy atom. The Hall–Kier alpha value is -0.610. The average molecular weight is 145 g/mol. The predicted octanol–water partition coefficient (Wildman–Crippen LogP) is -0.636. The maximum Gasteiger partial charge on any atom is 0.235 e. The van der Waals surface area contributed by atoms with Crippen molar-refractivity contribution in [3.8, 4) is 0 Å². The SMILES string of the molecule is CC(C)NNC(=O)CCN. The topological polar surface area (TPSA) is 67.1 Å². The van der Waals surface area contributed by atoms with Crippen molar-refractivity contribution >= 4 is 5.91 Å². The number of hydrogen-bond donors (Lipinski definition) is 3. The molecule has 0 radical (unpaired) electrons. The van der Waals surface area contributed by atoms with Crippen molar-refractivity contribution in [3.63, 3.8) is 0 Å². The molecular weight excluding hydrogens is 130 g/mol. The molecule has 4 N–H and O–H groups in total. The second kappa shape index (κ2) is 5.20. The van der Waals surface area contributed by atoms with Gasteiger partial charge in [0.05, 0.1) is 0 Å². The normalized spacial score (nSPS) is 10.0. The summed E-state index contributed by atoms with van der Waals surface area (Å²) in [6, 6.07) is 0.265. The summed E-state index contributed by atoms with van der Waals surface area (Å²) in [6.45, 7) is 4.29. The number of nitrogens with two attached hydrogens (primary N) is 1. The molecule has 0 saturated carbocycles. The van der Waals surface area contributed by atoms with Gasteiger partial charge in [-0.15, -0.1) is 0 Å². The minimum atomic E-state index is -0.0591. The van der Waals surface area contributed by atoms with E-state index < -0.39 is 0 Å². The second-order valence-corrected chi connectivity index (χ2v) is 2.39. The van der Waals surface area contributed by atoms with E-state index >= 15 is 0 Å². The zero-order chi connectivity index (χ0) is 7.98. The lowest BCUT2D eigenvalue weighted by atomic mass is 10.4. The summed E-state index contributed by atoms with van der Waals surface area (Å²) in [6.07, 6.45) is 0.375. The zero-order valence-corrected chi connectivity index (χ0v) is 6.48. The van der Waals surface area contributed by atoms with Gasteiger partial charge in [-0.25, -0.2) is 5.43 Å². The van der Waals surface area contributed by atoms with Gasteiger partial charge < -0.3 is 5.73 Å². The molecule has 0 atom stereocenters. The van der Waals surface area contributed by atoms with E-state index in [2.05, 4.69) is 10.9 Å². The van der Waals surface area contributed by atoms with Crippen LogP contribution in [0.4, 0.5) is 0 Å². The number of rotatable bonds is 4. The highest BCUT2D eigenvalue weighted by Crippen LogP contribution is 1.74. The van der Waals surface area contributed by atoms with E-state index in [1.807, 2.05) is 13.8 Å². The first-order valence-electron chi connectivity index (χ1n) is 3.41. The third-order valence-electron chi connectivity index (χ3n) is 0.872. The van der Waals surface area contributed by atoms with Crippen LogP contribution in [0.1, 0.15) is 20.3 Å². The molecule has 1 amide bonds. The summed E-state index contributed by atoms with van der Waals surface area (Å²) in [5, 5.41) is 0. The highest BCUT2D eigenvalue weighted by Gasteiger charge is 1.97. The molecule has 0 heterocycles. The Bertz CT molecular complexity index is 103. The minimum Gasteiger partial charge on any atom is -0.330 e. The summed E-state index contributed by atoms with van der Waals surface area (Å²) in [5.74, 6) is -0.0591. The Morgan fingerprint density at radius 2 is 2.20 bits per heavy atom. The molecule has 0 aromatic carbocycles. The number of amides is 1. The molecule has 60 valence electrons. The third kappa shape index (κ3) is 5.53. The molecule has 0 spiro atoms. The van der Waals surface area contributed by atoms with Gasteiger partial charge in [0.2, 0.25) is 5.91 Å². The van der Waals surface area contributed by atoms with Crippen molar-refractivity contribution in [1.29, 1.82) is 0 Å². The minimum absolute atomic E-state index is 0.0591. The van der Waals surface area contributed by atoms with Crippen molar-refractivity contribution in [2.75, 3.05) is 6.54 Å². The molecule has 10 heavy (non-hydrogen) atoms. The van der Waals surface area contributed by atoms with Gasteiger partial charge in [0, 0.05) is 19.0 Å². The van der Waals surface area contributed by atoms with E-state index in [1.165, 1.54) is 0 Å². The number of carbonyl (C=O) groups excluding carboxylic acids is 1. The lowest BCUT2D eigenvalue weighted by Crippen LogP contribution is -2.42. The quantitative estimate of drug-likeness (QED) is 0.461. The molecule has 0 aliphatic heterocycles. The van der Waals surface area contributed by atoms with Crippen LogP contribution in [0, 0.1) is 0 Å². The highest BCUT2D eigenvalue weighted by atomic mass is 16.2. The van der Waals surface area contributed by atoms with Crippen molar-refractivity contribution in [2.24, 2.45) is 5.73 Å². The van der Waals surface area contributed by atoms with E-state index in [9.17, 15) is 4.79 Å². The number of hydrogen-bond acceptors (Lipinski definition) is 3. The summed E-state index contributed by atoms with van der Waals surface area (Å²) in [7, 11) is 0. The molecule has 0 fully saturated rings. The monoisotopic (exact) mass is 145 g/mol. The maximum absolute atomic E-state index is 10.7. The Labute approximate surface area is 61.1 Å². The first kappa shape index (κ1) is 9.39. The molecular formula is C6H15N3O. The van der Waals surface area contributed by atoms with E-state index in [1.54, 1.807) is 0 Å². The largest absolute Gasteiger partial charge is 0.330 e. The molecule has 0 aromatic heterocycles. The van der Waals surface area contributed by atoms with Crippen LogP contribution in [-0.2, 0) is 4.79 Å². The average Bonchev–Trinajstić information content (AvgIpc) is 1.85. The third-order valence-corrected chi connectivity index (χ3v) is 0.872. The summed E-state index contributed by atoms with van der Waals surface area (Å²) >= 11 is 0. The first-order valence-corrected chi connectivity index (χ1v) is 3.41. The van der Waals surface area contributed by atoms with E-state index in [-0.39, 0.29) is 11.9 Å². The second-order valence-electron chi connectivity index (χ2n) is 2.39. The van der Waals surface area contributed by atoms with Crippen LogP contribution in [0.15, 0.2) is 0 Å². The van der Waals surface area contributed by atoms with Crippen molar-refractivity contribution in [3.05, 3.63) is 0 Å². The fourth-order valence-corrected chi connectivity index (χ4v) is 0.418. The molecule has 0 unspecified atom stereocenters. The fraction of sp³-hybridized carbons (Fsp3) is 0.833. The molecule has 0 saturated heterocycles. The van der Waals surface area contributed by atoms with Crippen LogP contribution in [0.2, 0.25) is 0 Å². The molecule has 0 aliphatic rings. The van der Waals surface area contributed by atoms with Crippen molar-refractivity contribution < 1.29 is 4.79 Å². The van der Waals surface area contributed by atoms with Gasteiger partial charge in [-0.2, -0.15) is 0 Å². The Kier molecular flexibility index (Phi) is 4.88. The van der Waals surface area contributed by atoms with Crippen LogP contribution in [0.25, 0.3) is 0 Å². The van der Waals surface area contributed by atoms with Crippen LogP contribution in [-0.4, -0.2) is 18.5 Å². The maximum atomic E-state index is 10.7. The predicted molar refractivity (Wildman–Crippen MR) is 40.1 cm³/mol. The zero-order valence-electron chi connectivity index (χ0n) is 6.48. The van der Waals surface area contributed by atoms with E-state index in [0.29, 0.717) is 13.0 Å². The van der Waals surface area contributed by atoms with Crippen molar-refractivity contribution in [1.82, 2.24) is 10.9 Å². The molecule has 0 aromatic rings. The van der Waals surface area contributed by atoms with Gasteiger partial charge in [0.15, 0.2) is 0 Å². The van der Waals surface area contributed by atoms with Crippen molar-refractivity contribution in [2.45, 2.75) is 26.3 Å². The Balaban J connectivity index is 3.22. The highest BCUT2D eigenvalue weighted by molar-refractivity contribution is 5.75. The van der Waals surface area contributed by atoms with Gasteiger partial charge in [-0.1, -0.05) is 0 Å². The van der Waals surface area contributed by atoms with Crippen LogP contribution in [0.5, 0.6) is 0 Å². The van der Waals surface area contributed by atoms with Gasteiger partial charge >= 0.3 is 0 Å². The number of nitrogens with one attached hydrogen (secondary N) is 2. The summed E-state index contributed by atoms with van der Waals surface area (Å²) in [5.41, 5.74) is 10.4. The lowest BCUT2D eigenvalue weighted by Gasteiger charge is -2.08. The molecule has 0 bridgehead atoms. The van der Waals surface area contributed by atoms with Gasteiger partial charge in [-0.3, -0.25) is 10.2 Å². The molecule has 0 aliphatic carbocycles. The molecule has 4 heteroatoms. The summed E-state index contributed by atoms with van der Waals surface area (Å²) < 4.78 is 0. The standard InChI is InChI=1S/C6H15N3O/c1-5(2)8-9-6(10)3-4-7/h5,8H,3-4,7H2,1-2H3,(H,9,10). The van der Waals surface area contributed by atoms with Gasteiger partial charge in [0.25, 0.3) is 0 Å². The molecule has 4 nitrogen and oxygen atoms in total. The first-order chi connectivity index (χ1) is 4.66. The number of hydrazine groups is 1.